The second-order valence-corrected chi connectivity index (χ2v) is 10.2. The van der Waals surface area contributed by atoms with E-state index in [9.17, 15) is 9.59 Å². The van der Waals surface area contributed by atoms with E-state index >= 15 is 0 Å². The van der Waals surface area contributed by atoms with Gasteiger partial charge in [0, 0.05) is 43.5 Å². The summed E-state index contributed by atoms with van der Waals surface area (Å²) < 4.78 is 0. The summed E-state index contributed by atoms with van der Waals surface area (Å²) in [5.74, 6) is 2.21. The van der Waals surface area contributed by atoms with Gasteiger partial charge in [0.1, 0.15) is 0 Å². The molecule has 4 heterocycles. The van der Waals surface area contributed by atoms with Crippen molar-refractivity contribution in [2.24, 2.45) is 17.8 Å². The molecule has 176 valence electrons. The van der Waals surface area contributed by atoms with E-state index < -0.39 is 0 Å². The lowest BCUT2D eigenvalue weighted by Gasteiger charge is -2.57. The first-order chi connectivity index (χ1) is 15.5. The average molecular weight is 444 g/mol. The number of fused-ring (bicyclic) bond motifs is 4. The number of likely N-dealkylation sites (tertiary alicyclic amines) is 1. The molecule has 7 nitrogen and oxygen atoms in total. The molecule has 1 aliphatic carbocycles. The Bertz CT molecular complexity index is 816. The fraction of sp³-hybridized carbons (Fsp3) is 0.720. The Morgan fingerprint density at radius 3 is 2.56 bits per heavy atom. The minimum absolute atomic E-state index is 0.172. The zero-order valence-electron chi connectivity index (χ0n) is 19.2. The molecule has 1 aromatic rings. The van der Waals surface area contributed by atoms with Crippen LogP contribution in [0.1, 0.15) is 80.3 Å². The Balaban J connectivity index is 0.000000775. The Morgan fingerprint density at radius 2 is 1.88 bits per heavy atom. The van der Waals surface area contributed by atoms with Crippen LogP contribution in [-0.4, -0.2) is 63.4 Å². The van der Waals surface area contributed by atoms with Crippen LogP contribution >= 0.6 is 0 Å². The number of piperidine rings is 3. The van der Waals surface area contributed by atoms with E-state index in [0.29, 0.717) is 29.8 Å². The molecule has 3 saturated heterocycles. The van der Waals surface area contributed by atoms with Gasteiger partial charge in [-0.15, -0.1) is 0 Å². The number of nitrogens with one attached hydrogen (secondary N) is 1. The Morgan fingerprint density at radius 1 is 1.16 bits per heavy atom. The predicted molar refractivity (Wildman–Crippen MR) is 121 cm³/mol. The van der Waals surface area contributed by atoms with Gasteiger partial charge in [-0.25, -0.2) is 0 Å². The molecule has 4 fully saturated rings. The van der Waals surface area contributed by atoms with Crippen LogP contribution in [0.5, 0.6) is 0 Å². The topological polar surface area (TPSA) is 93.7 Å². The van der Waals surface area contributed by atoms with E-state index in [1.807, 2.05) is 19.2 Å². The van der Waals surface area contributed by atoms with Crippen molar-refractivity contribution in [3.05, 3.63) is 23.5 Å². The highest BCUT2D eigenvalue weighted by atomic mass is 16.3. The molecule has 2 N–H and O–H groups in total. The molecule has 2 amide bonds. The Labute approximate surface area is 190 Å². The number of hydrogen-bond donors (Lipinski definition) is 2. The van der Waals surface area contributed by atoms with Crippen LogP contribution in [0.15, 0.2) is 12.3 Å². The summed E-state index contributed by atoms with van der Waals surface area (Å²) in [6.07, 6.45) is 13.8. The van der Waals surface area contributed by atoms with Crippen molar-refractivity contribution in [2.45, 2.75) is 83.2 Å². The quantitative estimate of drug-likeness (QED) is 0.694. The monoisotopic (exact) mass is 443 g/mol. The van der Waals surface area contributed by atoms with Gasteiger partial charge in [-0.3, -0.25) is 14.4 Å². The zero-order valence-corrected chi connectivity index (χ0v) is 19.2. The summed E-state index contributed by atoms with van der Waals surface area (Å²) in [5, 5.41) is 6.89. The third-order valence-corrected chi connectivity index (χ3v) is 8.27. The molecule has 2 bridgehead atoms. The predicted octanol–water partition coefficient (Wildman–Crippen LogP) is 3.84. The highest BCUT2D eigenvalue weighted by molar-refractivity contribution is 5.95. The lowest BCUT2D eigenvalue weighted by Crippen LogP contribution is -2.65. The molecule has 0 aromatic carbocycles. The molecule has 0 unspecified atom stereocenters. The maximum absolute atomic E-state index is 13.3. The summed E-state index contributed by atoms with van der Waals surface area (Å²) in [5.41, 5.74) is 1.77. The van der Waals surface area contributed by atoms with E-state index in [-0.39, 0.29) is 12.4 Å². The normalized spacial score (nSPS) is 30.2. The Hall–Kier alpha value is -2.31. The number of carbonyl (C=O) groups excluding carboxylic acids is 2. The van der Waals surface area contributed by atoms with Crippen molar-refractivity contribution in [2.75, 3.05) is 13.1 Å². The number of rotatable bonds is 3. The van der Waals surface area contributed by atoms with Crippen molar-refractivity contribution in [3.8, 4) is 0 Å². The lowest BCUT2D eigenvalue weighted by atomic mass is 9.69. The van der Waals surface area contributed by atoms with Gasteiger partial charge in [0.25, 0.3) is 12.4 Å². The third kappa shape index (κ3) is 4.57. The molecule has 5 rings (SSSR count). The molecule has 0 radical (unpaired) electrons. The molecule has 1 aromatic heterocycles. The van der Waals surface area contributed by atoms with Crippen molar-refractivity contribution in [3.63, 3.8) is 0 Å². The second kappa shape index (κ2) is 10.1. The number of nitrogens with zero attached hydrogens (tertiary/aromatic N) is 2. The summed E-state index contributed by atoms with van der Waals surface area (Å²) in [6, 6.07) is 2.61. The van der Waals surface area contributed by atoms with E-state index in [1.54, 1.807) is 0 Å². The second-order valence-electron chi connectivity index (χ2n) is 10.2. The highest BCUT2D eigenvalue weighted by Gasteiger charge is 2.50. The molecule has 32 heavy (non-hydrogen) atoms. The summed E-state index contributed by atoms with van der Waals surface area (Å²) in [7, 11) is 0. The lowest BCUT2D eigenvalue weighted by molar-refractivity contribution is -0.153. The molecular formula is C25H37N3O4. The van der Waals surface area contributed by atoms with Gasteiger partial charge in [0.05, 0.1) is 5.56 Å². The number of aromatic nitrogens is 1. The van der Waals surface area contributed by atoms with Crippen LogP contribution in [-0.2, 0) is 9.59 Å². The van der Waals surface area contributed by atoms with Crippen LogP contribution < -0.4 is 0 Å². The van der Waals surface area contributed by atoms with Gasteiger partial charge in [-0.2, -0.15) is 0 Å². The van der Waals surface area contributed by atoms with Gasteiger partial charge in [0.2, 0.25) is 5.91 Å². The number of hydrogen-bond acceptors (Lipinski definition) is 3. The maximum atomic E-state index is 13.3. The number of carboxylic acid groups (broad SMARTS) is 1. The maximum Gasteiger partial charge on any atom is 0.290 e. The minimum atomic E-state index is -0.250. The van der Waals surface area contributed by atoms with Gasteiger partial charge < -0.3 is 19.9 Å². The number of aromatic amines is 1. The molecule has 3 aliphatic heterocycles. The van der Waals surface area contributed by atoms with Crippen LogP contribution in [0.25, 0.3) is 0 Å². The molecule has 7 heteroatoms. The van der Waals surface area contributed by atoms with Gasteiger partial charge >= 0.3 is 0 Å². The first-order valence-electron chi connectivity index (χ1n) is 12.4. The molecular weight excluding hydrogens is 406 g/mol. The molecule has 4 aliphatic rings. The highest BCUT2D eigenvalue weighted by Crippen LogP contribution is 2.45. The summed E-state index contributed by atoms with van der Waals surface area (Å²) >= 11 is 0. The summed E-state index contributed by atoms with van der Waals surface area (Å²) in [6.45, 7) is 3.35. The fourth-order valence-corrected chi connectivity index (χ4v) is 6.86. The van der Waals surface area contributed by atoms with Crippen molar-refractivity contribution >= 4 is 18.3 Å². The van der Waals surface area contributed by atoms with Crippen LogP contribution in [0, 0.1) is 24.7 Å². The smallest absolute Gasteiger partial charge is 0.290 e. The molecule has 1 saturated carbocycles. The van der Waals surface area contributed by atoms with Crippen molar-refractivity contribution < 1.29 is 19.5 Å². The van der Waals surface area contributed by atoms with Gasteiger partial charge in [-0.1, -0.05) is 32.1 Å². The van der Waals surface area contributed by atoms with Gasteiger partial charge in [0.15, 0.2) is 0 Å². The third-order valence-electron chi connectivity index (χ3n) is 8.27. The molecule has 0 spiro atoms. The molecule has 4 atom stereocenters. The SMILES string of the molecule is Cc1[nH]ccc1C(=O)N1C[C@H]2C[C@@H](C1)[C@H](CC1CCCCC1)N1C(=O)CCC[C@@H]21.O=CO. The van der Waals surface area contributed by atoms with E-state index in [2.05, 4.69) is 14.8 Å². The van der Waals surface area contributed by atoms with Crippen molar-refractivity contribution in [1.29, 1.82) is 0 Å². The first kappa shape index (κ1) is 22.9. The minimum Gasteiger partial charge on any atom is -0.483 e. The summed E-state index contributed by atoms with van der Waals surface area (Å²) in [4.78, 5) is 42.2. The van der Waals surface area contributed by atoms with Gasteiger partial charge in [-0.05, 0) is 56.4 Å². The number of aryl methyl sites for hydroxylation is 1. The van der Waals surface area contributed by atoms with E-state index in [4.69, 9.17) is 9.90 Å². The largest absolute Gasteiger partial charge is 0.483 e. The van der Waals surface area contributed by atoms with Crippen LogP contribution in [0.2, 0.25) is 0 Å². The number of H-pyrrole nitrogens is 1. The zero-order chi connectivity index (χ0) is 22.7. The standard InChI is InChI=1S/C24H35N3O2.CH2O2/c1-16-20(10-11-25-16)24(29)26-14-18-13-19(15-26)22(12-17-6-3-2-4-7-17)27-21(18)8-5-9-23(27)28;2-1-3/h10-11,17-19,21-22,25H,2-9,12-15H2,1H3;1H,(H,2,3)/t18-,19+,21+,22+;/m1./s1. The van der Waals surface area contributed by atoms with Crippen LogP contribution in [0.4, 0.5) is 0 Å². The Kier molecular flexibility index (Phi) is 7.21. The number of amides is 2. The van der Waals surface area contributed by atoms with Crippen LogP contribution in [0.3, 0.4) is 0 Å². The average Bonchev–Trinajstić information content (AvgIpc) is 3.23. The fourth-order valence-electron chi connectivity index (χ4n) is 6.86. The van der Waals surface area contributed by atoms with E-state index in [0.717, 1.165) is 55.9 Å². The first-order valence-corrected chi connectivity index (χ1v) is 12.4. The number of carbonyl (C=O) groups is 3. The van der Waals surface area contributed by atoms with E-state index in [1.165, 1.54) is 38.5 Å². The van der Waals surface area contributed by atoms with Crippen molar-refractivity contribution in [1.82, 2.24) is 14.8 Å².